The van der Waals surface area contributed by atoms with Crippen LogP contribution in [0.25, 0.3) is 0 Å². The maximum atomic E-state index is 13.3. The molecule has 6 N–H and O–H groups in total. The zero-order valence-electron chi connectivity index (χ0n) is 42.8. The Morgan fingerprint density at radius 1 is 0.597 bits per heavy atom. The van der Waals surface area contributed by atoms with Gasteiger partial charge in [-0.15, -0.1) is 0 Å². The first-order valence-electron chi connectivity index (χ1n) is 27.4. The largest absolute Gasteiger partial charge is 0.454 e. The van der Waals surface area contributed by atoms with Crippen LogP contribution in [0.4, 0.5) is 0 Å². The van der Waals surface area contributed by atoms with Crippen LogP contribution in [-0.2, 0) is 23.8 Å². The predicted octanol–water partition coefficient (Wildman–Crippen LogP) is 11.7. The summed E-state index contributed by atoms with van der Waals surface area (Å²) in [6.07, 6.45) is 41.6. The van der Waals surface area contributed by atoms with E-state index in [2.05, 4.69) is 62.5 Å². The lowest BCUT2D eigenvalue weighted by molar-refractivity contribution is -0.305. The molecule has 1 fully saturated rings. The summed E-state index contributed by atoms with van der Waals surface area (Å²) in [6.45, 7) is 5.64. The van der Waals surface area contributed by atoms with Crippen LogP contribution in [0.5, 0.6) is 0 Å². The van der Waals surface area contributed by atoms with Crippen molar-refractivity contribution in [3.05, 3.63) is 48.6 Å². The van der Waals surface area contributed by atoms with Crippen molar-refractivity contribution in [2.45, 2.75) is 282 Å². The van der Waals surface area contributed by atoms with Crippen LogP contribution in [0.3, 0.4) is 0 Å². The van der Waals surface area contributed by atoms with Crippen molar-refractivity contribution in [2.75, 3.05) is 13.2 Å². The van der Waals surface area contributed by atoms with Gasteiger partial charge in [0, 0.05) is 6.42 Å². The number of esters is 1. The highest BCUT2D eigenvalue weighted by Gasteiger charge is 2.47. The van der Waals surface area contributed by atoms with Gasteiger partial charge in [-0.05, 0) is 57.8 Å². The van der Waals surface area contributed by atoms with Crippen molar-refractivity contribution in [1.82, 2.24) is 5.32 Å². The van der Waals surface area contributed by atoms with E-state index in [-0.39, 0.29) is 13.0 Å². The van der Waals surface area contributed by atoms with E-state index in [4.69, 9.17) is 14.2 Å². The second-order valence-corrected chi connectivity index (χ2v) is 18.9. The minimum atomic E-state index is -1.62. The van der Waals surface area contributed by atoms with Crippen LogP contribution < -0.4 is 5.32 Å². The molecule has 11 nitrogen and oxygen atoms in total. The summed E-state index contributed by atoms with van der Waals surface area (Å²) in [5.41, 5.74) is 0. The molecule has 1 saturated heterocycles. The maximum Gasteiger partial charge on any atom is 0.306 e. The van der Waals surface area contributed by atoms with E-state index in [0.29, 0.717) is 19.3 Å². The summed E-state index contributed by atoms with van der Waals surface area (Å²) in [4.78, 5) is 26.4. The zero-order valence-corrected chi connectivity index (χ0v) is 42.8. The maximum absolute atomic E-state index is 13.3. The number of carbonyl (C=O) groups is 2. The molecule has 67 heavy (non-hydrogen) atoms. The molecule has 0 aromatic rings. The van der Waals surface area contributed by atoms with Crippen molar-refractivity contribution in [2.24, 2.45) is 0 Å². The number of carbonyl (C=O) groups excluding carboxylic acids is 2. The van der Waals surface area contributed by atoms with E-state index >= 15 is 0 Å². The fourth-order valence-electron chi connectivity index (χ4n) is 8.37. The predicted molar refractivity (Wildman–Crippen MR) is 273 cm³/mol. The number of unbranched alkanes of at least 4 members (excludes halogenated alkanes) is 25. The molecule has 0 aromatic heterocycles. The molecule has 1 aliphatic rings. The van der Waals surface area contributed by atoms with Gasteiger partial charge in [0.15, 0.2) is 12.4 Å². The van der Waals surface area contributed by atoms with E-state index in [1.807, 2.05) is 6.08 Å². The Morgan fingerprint density at radius 3 is 1.61 bits per heavy atom. The highest BCUT2D eigenvalue weighted by atomic mass is 16.7. The number of aliphatic hydroxyl groups is 5. The zero-order chi connectivity index (χ0) is 49.0. The molecule has 0 saturated carbocycles. The summed E-state index contributed by atoms with van der Waals surface area (Å²) in [5, 5.41) is 56.7. The second-order valence-electron chi connectivity index (χ2n) is 18.9. The standard InChI is InChI=1S/C56H101NO10/c1-4-7-10-13-16-19-22-25-26-29-32-35-38-41-44-51(61)67-54-53(63)52(62)50(45-58)66-56(54)65-46-47(48(59)42-39-36-33-30-27-23-20-17-14-11-8-5-2)57-55(64)49(60)43-40-37-34-31-28-24-21-18-15-12-9-6-3/h7,10,16,19,25-26,39,42,47-50,52-54,56,58-60,62-63H,4-6,8-9,11-15,17-18,20-24,27-38,40-41,43-46H2,1-3H3,(H,57,64)/b10-7+,19-16+,26-25+,42-39+. The smallest absolute Gasteiger partial charge is 0.306 e. The molecule has 0 aromatic carbocycles. The molecule has 0 spiro atoms. The minimum absolute atomic E-state index is 0.0981. The fraction of sp³-hybridized carbons (Fsp3) is 0.821. The molecule has 1 rings (SSSR count). The number of amides is 1. The summed E-state index contributed by atoms with van der Waals surface area (Å²) >= 11 is 0. The first-order chi connectivity index (χ1) is 32.7. The van der Waals surface area contributed by atoms with Crippen molar-refractivity contribution >= 4 is 11.9 Å². The Morgan fingerprint density at radius 2 is 1.07 bits per heavy atom. The highest BCUT2D eigenvalue weighted by molar-refractivity contribution is 5.80. The lowest BCUT2D eigenvalue weighted by atomic mass is 9.99. The van der Waals surface area contributed by atoms with E-state index in [1.165, 1.54) is 103 Å². The monoisotopic (exact) mass is 948 g/mol. The number of aliphatic hydroxyl groups excluding tert-OH is 5. The molecular formula is C56H101NO10. The SMILES string of the molecule is CC/C=C/C/C=C/C/C=C/CCCCCCC(=O)OC1C(OCC(NC(=O)C(O)CCCCCCCCCCCCCC)C(O)/C=C/CCCCCCCCCCCC)OC(CO)C(O)C1O. The van der Waals surface area contributed by atoms with Gasteiger partial charge >= 0.3 is 5.97 Å². The van der Waals surface area contributed by atoms with E-state index in [9.17, 15) is 35.1 Å². The molecule has 390 valence electrons. The number of nitrogens with one attached hydrogen (secondary N) is 1. The highest BCUT2D eigenvalue weighted by Crippen LogP contribution is 2.26. The fourth-order valence-corrected chi connectivity index (χ4v) is 8.37. The van der Waals surface area contributed by atoms with Gasteiger partial charge in [0.25, 0.3) is 0 Å². The molecule has 0 bridgehead atoms. The number of ether oxygens (including phenoxy) is 3. The van der Waals surface area contributed by atoms with Crippen molar-refractivity contribution in [3.63, 3.8) is 0 Å². The minimum Gasteiger partial charge on any atom is -0.454 e. The van der Waals surface area contributed by atoms with Crippen molar-refractivity contribution < 1.29 is 49.3 Å². The third kappa shape index (κ3) is 33.7. The summed E-state index contributed by atoms with van der Waals surface area (Å²) in [5.74, 6) is -1.22. The molecule has 8 atom stereocenters. The quantitative estimate of drug-likeness (QED) is 0.0196. The van der Waals surface area contributed by atoms with E-state index < -0.39 is 67.4 Å². The Hall–Kier alpha value is -2.38. The summed E-state index contributed by atoms with van der Waals surface area (Å²) in [7, 11) is 0. The Balaban J connectivity index is 2.77. The second kappa shape index (κ2) is 44.8. The Bertz CT molecular complexity index is 1270. The van der Waals surface area contributed by atoms with Gasteiger partial charge < -0.3 is 45.1 Å². The Kier molecular flexibility index (Phi) is 41.9. The van der Waals surface area contributed by atoms with Crippen LogP contribution in [0, 0.1) is 0 Å². The first-order valence-corrected chi connectivity index (χ1v) is 27.4. The Labute approximate surface area is 408 Å². The number of hydrogen-bond donors (Lipinski definition) is 6. The summed E-state index contributed by atoms with van der Waals surface area (Å²) < 4.78 is 17.5. The molecule has 8 unspecified atom stereocenters. The molecule has 11 heteroatoms. The van der Waals surface area contributed by atoms with Crippen molar-refractivity contribution in [3.8, 4) is 0 Å². The van der Waals surface area contributed by atoms with E-state index in [1.54, 1.807) is 6.08 Å². The van der Waals surface area contributed by atoms with E-state index in [0.717, 1.165) is 83.5 Å². The van der Waals surface area contributed by atoms with Gasteiger partial charge in [-0.2, -0.15) is 0 Å². The number of hydrogen-bond acceptors (Lipinski definition) is 10. The lowest BCUT2D eigenvalue weighted by Gasteiger charge is -2.41. The lowest BCUT2D eigenvalue weighted by Crippen LogP contribution is -2.61. The van der Waals surface area contributed by atoms with Gasteiger partial charge in [0.1, 0.15) is 24.4 Å². The van der Waals surface area contributed by atoms with Crippen LogP contribution in [0.1, 0.15) is 233 Å². The molecule has 1 heterocycles. The first kappa shape index (κ1) is 62.6. The summed E-state index contributed by atoms with van der Waals surface area (Å²) in [6, 6.07) is -1.02. The normalized spacial score (nSPS) is 20.4. The molecule has 1 amide bonds. The topological polar surface area (TPSA) is 175 Å². The van der Waals surface area contributed by atoms with Crippen LogP contribution in [-0.4, -0.2) is 99.6 Å². The van der Waals surface area contributed by atoms with Gasteiger partial charge in [-0.25, -0.2) is 0 Å². The van der Waals surface area contributed by atoms with Gasteiger partial charge in [-0.1, -0.05) is 217 Å². The van der Waals surface area contributed by atoms with Crippen LogP contribution in [0.15, 0.2) is 48.6 Å². The average molecular weight is 948 g/mol. The average Bonchev–Trinajstić information content (AvgIpc) is 3.32. The molecule has 0 aliphatic carbocycles. The van der Waals surface area contributed by atoms with Crippen LogP contribution >= 0.6 is 0 Å². The van der Waals surface area contributed by atoms with Gasteiger partial charge in [0.2, 0.25) is 5.91 Å². The van der Waals surface area contributed by atoms with Crippen molar-refractivity contribution in [1.29, 1.82) is 0 Å². The molecular weight excluding hydrogens is 847 g/mol. The third-order valence-electron chi connectivity index (χ3n) is 12.7. The number of rotatable bonds is 45. The van der Waals surface area contributed by atoms with Crippen LogP contribution in [0.2, 0.25) is 0 Å². The van der Waals surface area contributed by atoms with Gasteiger partial charge in [0.05, 0.1) is 25.4 Å². The molecule has 1 aliphatic heterocycles. The number of allylic oxidation sites excluding steroid dienone is 7. The molecule has 0 radical (unpaired) electrons. The van der Waals surface area contributed by atoms with Gasteiger partial charge in [-0.3, -0.25) is 9.59 Å². The third-order valence-corrected chi connectivity index (χ3v) is 12.7.